The number of phosphoric acid groups is 1. The maximum atomic E-state index is 10.8. The molecule has 0 unspecified atom stereocenters. The molecule has 0 fully saturated rings. The summed E-state index contributed by atoms with van der Waals surface area (Å²) in [5, 5.41) is 0. The van der Waals surface area contributed by atoms with Crippen LogP contribution in [0.3, 0.4) is 0 Å². The molecule has 0 bridgehead atoms. The molecule has 2 heterocycles. The van der Waals surface area contributed by atoms with E-state index in [2.05, 4.69) is 19.5 Å². The molecule has 124 valence electrons. The highest BCUT2D eigenvalue weighted by Crippen LogP contribution is 2.39. The molecule has 11 heteroatoms. The van der Waals surface area contributed by atoms with Gasteiger partial charge in [-0.05, 0) is 6.42 Å². The number of imidazole rings is 1. The van der Waals surface area contributed by atoms with E-state index in [1.807, 2.05) is 16.7 Å². The van der Waals surface area contributed by atoms with E-state index in [9.17, 15) is 4.57 Å². The number of rotatable bonds is 5. The van der Waals surface area contributed by atoms with Gasteiger partial charge in [-0.15, -0.1) is 0 Å². The first-order valence-electron chi connectivity index (χ1n) is 6.80. The van der Waals surface area contributed by atoms with Crippen molar-refractivity contribution in [1.82, 2.24) is 19.5 Å². The molecule has 2 atom stereocenters. The molecule has 0 saturated heterocycles. The number of fused-ring (bicyclic) bond motifs is 1. The van der Waals surface area contributed by atoms with Gasteiger partial charge in [-0.1, -0.05) is 12.2 Å². The Labute approximate surface area is 131 Å². The maximum Gasteiger partial charge on any atom is 0.469 e. The summed E-state index contributed by atoms with van der Waals surface area (Å²) < 4.78 is 22.3. The summed E-state index contributed by atoms with van der Waals surface area (Å²) in [6.07, 6.45) is 5.99. The van der Waals surface area contributed by atoms with Gasteiger partial charge >= 0.3 is 7.82 Å². The van der Waals surface area contributed by atoms with Crippen LogP contribution < -0.4 is 10.5 Å². The van der Waals surface area contributed by atoms with Crippen molar-refractivity contribution in [3.05, 3.63) is 18.5 Å². The Morgan fingerprint density at radius 1 is 1.43 bits per heavy atom. The number of aromatic nitrogens is 4. The Hall–Kier alpha value is -2.00. The van der Waals surface area contributed by atoms with Crippen LogP contribution in [0.2, 0.25) is 0 Å². The van der Waals surface area contributed by atoms with Gasteiger partial charge in [0.25, 0.3) is 0 Å². The van der Waals surface area contributed by atoms with E-state index in [0.717, 1.165) is 0 Å². The van der Waals surface area contributed by atoms with E-state index in [4.69, 9.17) is 20.3 Å². The highest BCUT2D eigenvalue weighted by molar-refractivity contribution is 7.46. The average molecular weight is 341 g/mol. The van der Waals surface area contributed by atoms with Gasteiger partial charge in [0.15, 0.2) is 11.2 Å². The van der Waals surface area contributed by atoms with Crippen molar-refractivity contribution in [1.29, 1.82) is 0 Å². The van der Waals surface area contributed by atoms with Crippen LogP contribution in [-0.4, -0.2) is 43.0 Å². The predicted octanol–water partition coefficient (Wildman–Crippen LogP) is 0.644. The van der Waals surface area contributed by atoms with Gasteiger partial charge in [-0.3, -0.25) is 4.52 Å². The van der Waals surface area contributed by atoms with Crippen LogP contribution in [-0.2, 0) is 9.09 Å². The van der Waals surface area contributed by atoms with Gasteiger partial charge in [0, 0.05) is 5.92 Å². The maximum absolute atomic E-state index is 10.8. The molecule has 0 radical (unpaired) electrons. The second-order valence-electron chi connectivity index (χ2n) is 5.15. The largest absolute Gasteiger partial charge is 0.479 e. The van der Waals surface area contributed by atoms with Crippen LogP contribution in [0.5, 0.6) is 5.88 Å². The van der Waals surface area contributed by atoms with Gasteiger partial charge in [0.05, 0.1) is 26.1 Å². The Morgan fingerprint density at radius 2 is 2.22 bits per heavy atom. The van der Waals surface area contributed by atoms with E-state index >= 15 is 0 Å². The van der Waals surface area contributed by atoms with Crippen LogP contribution in [0.1, 0.15) is 12.5 Å². The normalized spacial score (nSPS) is 21.2. The number of anilines is 1. The van der Waals surface area contributed by atoms with Gasteiger partial charge in [0.2, 0.25) is 11.8 Å². The highest BCUT2D eigenvalue weighted by atomic mass is 31.2. The molecule has 0 aliphatic heterocycles. The quantitative estimate of drug-likeness (QED) is 0.526. The molecule has 1 aliphatic rings. The molecule has 0 spiro atoms. The molecule has 23 heavy (non-hydrogen) atoms. The average Bonchev–Trinajstić information content (AvgIpc) is 3.09. The first-order chi connectivity index (χ1) is 10.9. The summed E-state index contributed by atoms with van der Waals surface area (Å²) in [4.78, 5) is 29.9. The van der Waals surface area contributed by atoms with Crippen molar-refractivity contribution in [2.24, 2.45) is 5.92 Å². The molecule has 0 saturated carbocycles. The second-order valence-corrected chi connectivity index (χ2v) is 6.39. The molecule has 10 nitrogen and oxygen atoms in total. The van der Waals surface area contributed by atoms with E-state index < -0.39 is 7.82 Å². The van der Waals surface area contributed by atoms with E-state index in [0.29, 0.717) is 23.5 Å². The molecular formula is C12H16N5O5P. The van der Waals surface area contributed by atoms with Gasteiger partial charge in [-0.2, -0.15) is 9.97 Å². The van der Waals surface area contributed by atoms with Crippen LogP contribution >= 0.6 is 7.82 Å². The molecule has 0 amide bonds. The monoisotopic (exact) mass is 341 g/mol. The number of phosphoric ester groups is 1. The third-order valence-corrected chi connectivity index (χ3v) is 4.05. The first kappa shape index (κ1) is 15.9. The summed E-state index contributed by atoms with van der Waals surface area (Å²) in [5.41, 5.74) is 6.73. The van der Waals surface area contributed by atoms with Crippen LogP contribution in [0, 0.1) is 5.92 Å². The molecule has 4 N–H and O–H groups in total. The van der Waals surface area contributed by atoms with E-state index in [-0.39, 0.29) is 24.5 Å². The first-order valence-corrected chi connectivity index (χ1v) is 8.33. The third-order valence-electron chi connectivity index (χ3n) is 3.56. The molecule has 0 aromatic carbocycles. The minimum absolute atomic E-state index is 0.0512. The fourth-order valence-electron chi connectivity index (χ4n) is 2.57. The molecular weight excluding hydrogens is 325 g/mol. The zero-order chi connectivity index (χ0) is 16.6. The van der Waals surface area contributed by atoms with E-state index in [1.165, 1.54) is 7.11 Å². The smallest absolute Gasteiger partial charge is 0.469 e. The Bertz CT molecular complexity index is 800. The van der Waals surface area contributed by atoms with Crippen LogP contribution in [0.15, 0.2) is 18.5 Å². The molecule has 2 aromatic heterocycles. The van der Waals surface area contributed by atoms with Crippen LogP contribution in [0.4, 0.5) is 5.95 Å². The lowest BCUT2D eigenvalue weighted by Gasteiger charge is -2.14. The number of allylic oxidation sites excluding steroid dienone is 1. The van der Waals surface area contributed by atoms with Gasteiger partial charge < -0.3 is 24.8 Å². The predicted molar refractivity (Wildman–Crippen MR) is 80.6 cm³/mol. The minimum atomic E-state index is -4.46. The zero-order valence-electron chi connectivity index (χ0n) is 12.2. The van der Waals surface area contributed by atoms with Crippen molar-refractivity contribution in [3.63, 3.8) is 0 Å². The van der Waals surface area contributed by atoms with Crippen LogP contribution in [0.25, 0.3) is 11.2 Å². The topological polar surface area (TPSA) is 146 Å². The number of nitrogens with zero attached hydrogens (tertiary/aromatic N) is 4. The lowest BCUT2D eigenvalue weighted by Crippen LogP contribution is -2.10. The molecule has 1 aliphatic carbocycles. The van der Waals surface area contributed by atoms with Gasteiger partial charge in [-0.25, -0.2) is 9.55 Å². The minimum Gasteiger partial charge on any atom is -0.479 e. The summed E-state index contributed by atoms with van der Waals surface area (Å²) >= 11 is 0. The summed E-state index contributed by atoms with van der Waals surface area (Å²) in [6, 6.07) is -0.0654. The Kier molecular flexibility index (Phi) is 4.07. The second kappa shape index (κ2) is 5.89. The fraction of sp³-hybridized carbons (Fsp3) is 0.417. The Morgan fingerprint density at radius 3 is 2.91 bits per heavy atom. The van der Waals surface area contributed by atoms with Crippen molar-refractivity contribution in [2.75, 3.05) is 19.5 Å². The molecule has 3 rings (SSSR count). The Balaban J connectivity index is 1.81. The summed E-state index contributed by atoms with van der Waals surface area (Å²) in [5.74, 6) is 0.278. The highest BCUT2D eigenvalue weighted by Gasteiger charge is 2.26. The number of nitrogen functional groups attached to an aromatic ring is 1. The number of methoxy groups -OCH3 is 1. The number of hydrogen-bond acceptors (Lipinski definition) is 7. The third kappa shape index (κ3) is 3.35. The standard InChI is InChI=1S/C12H16N5O5P/c1-21-11-9-10(15-12(13)16-11)17(6-14-9)8-3-2-7(4-8)5-22-23(18,19)20/h2-3,6-8H,4-5H2,1H3,(H2,13,15,16)(H2,18,19,20)/t7-,8+/m1/s1. The lowest BCUT2D eigenvalue weighted by molar-refractivity contribution is 0.177. The summed E-state index contributed by atoms with van der Waals surface area (Å²) in [7, 11) is -2.98. The number of hydrogen-bond donors (Lipinski definition) is 3. The zero-order valence-corrected chi connectivity index (χ0v) is 13.1. The SMILES string of the molecule is COc1nc(N)nc2c1ncn2[C@H]1C=C[C@@H](COP(=O)(O)O)C1. The van der Waals surface area contributed by atoms with Crippen molar-refractivity contribution in [2.45, 2.75) is 12.5 Å². The summed E-state index contributed by atoms with van der Waals surface area (Å²) in [6.45, 7) is -0.0512. The lowest BCUT2D eigenvalue weighted by atomic mass is 10.1. The van der Waals surface area contributed by atoms with E-state index in [1.54, 1.807) is 6.33 Å². The van der Waals surface area contributed by atoms with Crippen molar-refractivity contribution >= 4 is 24.9 Å². The van der Waals surface area contributed by atoms with Crippen molar-refractivity contribution in [3.8, 4) is 5.88 Å². The fourth-order valence-corrected chi connectivity index (χ4v) is 2.95. The molecule has 2 aromatic rings. The van der Waals surface area contributed by atoms with Crippen molar-refractivity contribution < 1.29 is 23.6 Å². The van der Waals surface area contributed by atoms with Gasteiger partial charge in [0.1, 0.15) is 0 Å². The number of ether oxygens (including phenoxy) is 1. The number of nitrogens with two attached hydrogens (primary N) is 1.